The van der Waals surface area contributed by atoms with Crippen LogP contribution in [0.4, 0.5) is 32.0 Å². The van der Waals surface area contributed by atoms with Gasteiger partial charge < -0.3 is 9.88 Å². The first-order chi connectivity index (χ1) is 13.5. The second-order valence-corrected chi connectivity index (χ2v) is 8.13. The zero-order chi connectivity index (χ0) is 23.1. The van der Waals surface area contributed by atoms with Gasteiger partial charge in [-0.25, -0.2) is 26.3 Å². The zero-order valence-electron chi connectivity index (χ0n) is 15.7. The first-order valence-electron chi connectivity index (χ1n) is 8.13. The molecule has 1 amide bonds. The standard InChI is InChI=1S/C16H16F6N4O3S/c1-8(15(2,18)19)25-30(28,29)10-7-26(3)13(12(10)17)14(27)24-9-4-5-23-11(6-9)16(20,21)22/h4-8,25H,1-3H3,(H,23,24,27)/t8-/m0/s1. The number of alkyl halides is 5. The van der Waals surface area contributed by atoms with Gasteiger partial charge >= 0.3 is 6.18 Å². The molecule has 2 aromatic rings. The summed E-state index contributed by atoms with van der Waals surface area (Å²) in [5, 5.41) is 2.01. The van der Waals surface area contributed by atoms with Gasteiger partial charge in [-0.1, -0.05) is 0 Å². The Morgan fingerprint density at radius 3 is 2.37 bits per heavy atom. The highest BCUT2D eigenvalue weighted by Gasteiger charge is 2.37. The molecule has 0 spiro atoms. The van der Waals surface area contributed by atoms with Crippen LogP contribution < -0.4 is 10.0 Å². The number of anilines is 1. The molecular formula is C16H16F6N4O3S. The maximum atomic E-state index is 14.7. The molecule has 2 heterocycles. The number of nitrogens with zero attached hydrogens (tertiary/aromatic N) is 2. The average molecular weight is 458 g/mol. The third-order valence-corrected chi connectivity index (χ3v) is 5.52. The minimum atomic E-state index is -4.79. The third kappa shape index (κ3) is 5.11. The molecule has 0 fully saturated rings. The van der Waals surface area contributed by atoms with Crippen molar-refractivity contribution in [2.45, 2.75) is 36.9 Å². The van der Waals surface area contributed by atoms with Gasteiger partial charge in [-0.3, -0.25) is 9.78 Å². The number of carbonyl (C=O) groups excluding carboxylic acids is 1. The average Bonchev–Trinajstić information content (AvgIpc) is 2.88. The second kappa shape index (κ2) is 7.91. The maximum Gasteiger partial charge on any atom is 0.433 e. The number of hydrogen-bond acceptors (Lipinski definition) is 4. The molecule has 2 aromatic heterocycles. The molecule has 0 aliphatic heterocycles. The fourth-order valence-corrected chi connectivity index (χ4v) is 3.70. The Hall–Kier alpha value is -2.61. The van der Waals surface area contributed by atoms with E-state index in [4.69, 9.17) is 0 Å². The van der Waals surface area contributed by atoms with E-state index in [1.807, 2.05) is 5.32 Å². The van der Waals surface area contributed by atoms with Gasteiger partial charge in [-0.15, -0.1) is 0 Å². The third-order valence-electron chi connectivity index (χ3n) is 3.99. The van der Waals surface area contributed by atoms with Crippen molar-refractivity contribution >= 4 is 21.6 Å². The first kappa shape index (κ1) is 23.7. The number of carbonyl (C=O) groups is 1. The van der Waals surface area contributed by atoms with Gasteiger partial charge in [0.1, 0.15) is 16.3 Å². The number of halogens is 6. The van der Waals surface area contributed by atoms with E-state index in [1.54, 1.807) is 4.72 Å². The van der Waals surface area contributed by atoms with Crippen LogP contribution in [-0.4, -0.2) is 35.8 Å². The largest absolute Gasteiger partial charge is 0.433 e. The summed E-state index contributed by atoms with van der Waals surface area (Å²) in [6.45, 7) is 1.33. The lowest BCUT2D eigenvalue weighted by atomic mass is 10.2. The first-order valence-corrected chi connectivity index (χ1v) is 9.62. The van der Waals surface area contributed by atoms with Gasteiger partial charge in [0, 0.05) is 32.1 Å². The van der Waals surface area contributed by atoms with E-state index in [-0.39, 0.29) is 5.69 Å². The minimum absolute atomic E-state index is 0.371. The predicted octanol–water partition coefficient (Wildman–Crippen LogP) is 3.15. The lowest BCUT2D eigenvalue weighted by molar-refractivity contribution is -0.141. The van der Waals surface area contributed by atoms with Crippen molar-refractivity contribution in [2.75, 3.05) is 5.32 Å². The Labute approximate surface area is 167 Å². The van der Waals surface area contributed by atoms with Crippen LogP contribution in [0, 0.1) is 5.82 Å². The number of nitrogens with one attached hydrogen (secondary N) is 2. The smallest absolute Gasteiger partial charge is 0.343 e. The number of sulfonamides is 1. The zero-order valence-corrected chi connectivity index (χ0v) is 16.5. The van der Waals surface area contributed by atoms with Crippen LogP contribution in [0.1, 0.15) is 30.0 Å². The van der Waals surface area contributed by atoms with Crippen LogP contribution in [-0.2, 0) is 23.2 Å². The van der Waals surface area contributed by atoms with Gasteiger partial charge in [0.05, 0.1) is 6.04 Å². The SMILES string of the molecule is C[C@H](NS(=O)(=O)c1cn(C)c(C(=O)Nc2ccnc(C(F)(F)F)c2)c1F)C(C)(F)F. The Kier molecular flexibility index (Phi) is 6.24. The van der Waals surface area contributed by atoms with Gasteiger partial charge in [0.2, 0.25) is 10.0 Å². The van der Waals surface area contributed by atoms with Crippen LogP contribution in [0.25, 0.3) is 0 Å². The lowest BCUT2D eigenvalue weighted by Gasteiger charge is -2.20. The van der Waals surface area contributed by atoms with Gasteiger partial charge in [-0.05, 0) is 19.1 Å². The van der Waals surface area contributed by atoms with Gasteiger partial charge in [0.25, 0.3) is 11.8 Å². The van der Waals surface area contributed by atoms with E-state index in [1.165, 1.54) is 0 Å². The van der Waals surface area contributed by atoms with Crippen molar-refractivity contribution in [3.05, 3.63) is 41.7 Å². The van der Waals surface area contributed by atoms with Crippen LogP contribution in [0.3, 0.4) is 0 Å². The van der Waals surface area contributed by atoms with Crippen molar-refractivity contribution in [1.82, 2.24) is 14.3 Å². The number of aromatic nitrogens is 2. The molecule has 0 aliphatic rings. The summed E-state index contributed by atoms with van der Waals surface area (Å²) in [5.74, 6) is -6.26. The summed E-state index contributed by atoms with van der Waals surface area (Å²) < 4.78 is 106. The van der Waals surface area contributed by atoms with Crippen LogP contribution >= 0.6 is 0 Å². The Morgan fingerprint density at radius 2 is 1.83 bits per heavy atom. The van der Waals surface area contributed by atoms with E-state index in [2.05, 4.69) is 4.98 Å². The minimum Gasteiger partial charge on any atom is -0.343 e. The Morgan fingerprint density at radius 1 is 1.23 bits per heavy atom. The number of rotatable bonds is 6. The van der Waals surface area contributed by atoms with Crippen LogP contribution in [0.15, 0.2) is 29.4 Å². The molecule has 7 nitrogen and oxygen atoms in total. The number of aryl methyl sites for hydroxylation is 1. The van der Waals surface area contributed by atoms with Crippen molar-refractivity contribution in [3.63, 3.8) is 0 Å². The topological polar surface area (TPSA) is 93.1 Å². The van der Waals surface area contributed by atoms with E-state index >= 15 is 0 Å². The molecule has 166 valence electrons. The fourth-order valence-electron chi connectivity index (χ4n) is 2.27. The summed E-state index contributed by atoms with van der Waals surface area (Å²) >= 11 is 0. The molecule has 0 saturated heterocycles. The maximum absolute atomic E-state index is 14.7. The molecule has 0 aliphatic carbocycles. The highest BCUT2D eigenvalue weighted by Crippen LogP contribution is 2.29. The van der Waals surface area contributed by atoms with Gasteiger partial charge in [0.15, 0.2) is 5.82 Å². The van der Waals surface area contributed by atoms with Crippen molar-refractivity contribution < 1.29 is 39.6 Å². The molecular weight excluding hydrogens is 442 g/mol. The molecule has 1 atom stereocenters. The quantitative estimate of drug-likeness (QED) is 0.651. The highest BCUT2D eigenvalue weighted by molar-refractivity contribution is 7.89. The summed E-state index contributed by atoms with van der Waals surface area (Å²) in [6.07, 6.45) is -3.34. The van der Waals surface area contributed by atoms with E-state index in [0.29, 0.717) is 19.2 Å². The molecule has 0 saturated carbocycles. The van der Waals surface area contributed by atoms with Crippen LogP contribution in [0.5, 0.6) is 0 Å². The number of hydrogen-bond donors (Lipinski definition) is 2. The Bertz CT molecular complexity index is 1060. The summed E-state index contributed by atoms with van der Waals surface area (Å²) in [5.41, 5.74) is -2.52. The molecule has 0 bridgehead atoms. The second-order valence-electron chi connectivity index (χ2n) is 6.45. The van der Waals surface area contributed by atoms with Crippen molar-refractivity contribution in [3.8, 4) is 0 Å². The predicted molar refractivity (Wildman–Crippen MR) is 93.0 cm³/mol. The summed E-state index contributed by atoms with van der Waals surface area (Å²) in [7, 11) is -3.67. The molecule has 30 heavy (non-hydrogen) atoms. The van der Waals surface area contributed by atoms with Crippen molar-refractivity contribution in [1.29, 1.82) is 0 Å². The van der Waals surface area contributed by atoms with Crippen molar-refractivity contribution in [2.24, 2.45) is 7.05 Å². The van der Waals surface area contributed by atoms with E-state index in [9.17, 15) is 39.6 Å². The fraction of sp³-hybridized carbons (Fsp3) is 0.375. The summed E-state index contributed by atoms with van der Waals surface area (Å²) in [4.78, 5) is 14.4. The molecule has 0 unspecified atom stereocenters. The Balaban J connectivity index is 2.35. The highest BCUT2D eigenvalue weighted by atomic mass is 32.2. The molecule has 0 radical (unpaired) electrons. The number of amides is 1. The lowest BCUT2D eigenvalue weighted by Crippen LogP contribution is -2.43. The normalized spacial score (nSPS) is 13.9. The monoisotopic (exact) mass is 458 g/mol. The van der Waals surface area contributed by atoms with E-state index < -0.39 is 56.2 Å². The molecule has 2 rings (SSSR count). The molecule has 14 heteroatoms. The molecule has 2 N–H and O–H groups in total. The number of pyridine rings is 1. The van der Waals surface area contributed by atoms with Crippen LogP contribution in [0.2, 0.25) is 0 Å². The van der Waals surface area contributed by atoms with Gasteiger partial charge in [-0.2, -0.15) is 13.2 Å². The van der Waals surface area contributed by atoms with E-state index in [0.717, 1.165) is 30.8 Å². The summed E-state index contributed by atoms with van der Waals surface area (Å²) in [6, 6.07) is -0.363. The molecule has 0 aromatic carbocycles.